The van der Waals surface area contributed by atoms with Crippen LogP contribution in [0.5, 0.6) is 0 Å². The van der Waals surface area contributed by atoms with Crippen molar-refractivity contribution in [2.24, 2.45) is 0 Å². The second-order valence-corrected chi connectivity index (χ2v) is 4.66. The number of anilines is 1. The minimum atomic E-state index is 0.781. The Labute approximate surface area is 97.9 Å². The monoisotopic (exact) mass is 219 g/mol. The van der Waals surface area contributed by atoms with Crippen LogP contribution >= 0.6 is 0 Å². The fourth-order valence-electron chi connectivity index (χ4n) is 2.43. The molecule has 0 saturated heterocycles. The van der Waals surface area contributed by atoms with Crippen LogP contribution in [0.15, 0.2) is 18.3 Å². The SMILES string of the molecule is CNc1ccc(CN(C)C2CCCC2)cn1. The van der Waals surface area contributed by atoms with Crippen LogP contribution in [0.1, 0.15) is 31.2 Å². The van der Waals surface area contributed by atoms with Crippen molar-refractivity contribution in [3.8, 4) is 0 Å². The fourth-order valence-corrected chi connectivity index (χ4v) is 2.43. The van der Waals surface area contributed by atoms with Gasteiger partial charge in [0.15, 0.2) is 0 Å². The van der Waals surface area contributed by atoms with E-state index in [2.05, 4.69) is 28.3 Å². The number of hydrogen-bond donors (Lipinski definition) is 1. The largest absolute Gasteiger partial charge is 0.373 e. The van der Waals surface area contributed by atoms with Crippen molar-refractivity contribution in [3.05, 3.63) is 23.9 Å². The number of nitrogens with one attached hydrogen (secondary N) is 1. The summed E-state index contributed by atoms with van der Waals surface area (Å²) < 4.78 is 0. The van der Waals surface area contributed by atoms with Crippen molar-refractivity contribution in [3.63, 3.8) is 0 Å². The highest BCUT2D eigenvalue weighted by atomic mass is 15.1. The first-order valence-corrected chi connectivity index (χ1v) is 6.12. The lowest BCUT2D eigenvalue weighted by Gasteiger charge is -2.23. The summed E-state index contributed by atoms with van der Waals surface area (Å²) in [6, 6.07) is 4.98. The van der Waals surface area contributed by atoms with E-state index in [0.717, 1.165) is 18.4 Å². The van der Waals surface area contributed by atoms with Gasteiger partial charge < -0.3 is 5.32 Å². The highest BCUT2D eigenvalue weighted by Crippen LogP contribution is 2.23. The zero-order valence-electron chi connectivity index (χ0n) is 10.2. The van der Waals surface area contributed by atoms with Gasteiger partial charge in [-0.1, -0.05) is 18.9 Å². The van der Waals surface area contributed by atoms with Crippen LogP contribution in [0.4, 0.5) is 5.82 Å². The van der Waals surface area contributed by atoms with E-state index in [1.807, 2.05) is 19.3 Å². The lowest BCUT2D eigenvalue weighted by molar-refractivity contribution is 0.237. The minimum absolute atomic E-state index is 0.781. The summed E-state index contributed by atoms with van der Waals surface area (Å²) in [4.78, 5) is 6.80. The van der Waals surface area contributed by atoms with Crippen molar-refractivity contribution in [2.75, 3.05) is 19.4 Å². The Kier molecular flexibility index (Phi) is 3.78. The number of nitrogens with zero attached hydrogens (tertiary/aromatic N) is 2. The molecular weight excluding hydrogens is 198 g/mol. The van der Waals surface area contributed by atoms with Gasteiger partial charge in [0.1, 0.15) is 5.82 Å². The highest BCUT2D eigenvalue weighted by molar-refractivity contribution is 5.34. The number of pyridine rings is 1. The van der Waals surface area contributed by atoms with Gasteiger partial charge in [0, 0.05) is 25.8 Å². The molecule has 1 aliphatic rings. The van der Waals surface area contributed by atoms with Crippen LogP contribution in [-0.2, 0) is 6.54 Å². The van der Waals surface area contributed by atoms with E-state index in [1.54, 1.807) is 0 Å². The lowest BCUT2D eigenvalue weighted by Crippen LogP contribution is -2.28. The molecule has 3 nitrogen and oxygen atoms in total. The smallest absolute Gasteiger partial charge is 0.125 e. The topological polar surface area (TPSA) is 28.2 Å². The van der Waals surface area contributed by atoms with Crippen LogP contribution in [-0.4, -0.2) is 30.0 Å². The van der Waals surface area contributed by atoms with Crippen molar-refractivity contribution in [1.82, 2.24) is 9.88 Å². The molecule has 0 atom stereocenters. The van der Waals surface area contributed by atoms with E-state index in [9.17, 15) is 0 Å². The molecule has 1 fully saturated rings. The van der Waals surface area contributed by atoms with Crippen molar-refractivity contribution >= 4 is 5.82 Å². The Morgan fingerprint density at radius 3 is 2.69 bits per heavy atom. The molecule has 16 heavy (non-hydrogen) atoms. The van der Waals surface area contributed by atoms with Gasteiger partial charge in [-0.3, -0.25) is 4.90 Å². The molecule has 0 bridgehead atoms. The third kappa shape index (κ3) is 2.73. The van der Waals surface area contributed by atoms with Gasteiger partial charge in [-0.15, -0.1) is 0 Å². The molecule has 1 aliphatic carbocycles. The molecule has 2 rings (SSSR count). The minimum Gasteiger partial charge on any atom is -0.373 e. The summed E-state index contributed by atoms with van der Waals surface area (Å²) >= 11 is 0. The van der Waals surface area contributed by atoms with Crippen LogP contribution in [0.2, 0.25) is 0 Å². The lowest BCUT2D eigenvalue weighted by atomic mass is 10.2. The van der Waals surface area contributed by atoms with E-state index in [-0.39, 0.29) is 0 Å². The average Bonchev–Trinajstić information content (AvgIpc) is 2.83. The van der Waals surface area contributed by atoms with Gasteiger partial charge in [0.2, 0.25) is 0 Å². The molecule has 1 N–H and O–H groups in total. The first kappa shape index (κ1) is 11.4. The standard InChI is InChI=1S/C13H21N3/c1-14-13-8-7-11(9-15-13)10-16(2)12-5-3-4-6-12/h7-9,12H,3-6,10H2,1-2H3,(H,14,15). The Morgan fingerprint density at radius 2 is 2.12 bits per heavy atom. The Bertz CT molecular complexity index is 314. The summed E-state index contributed by atoms with van der Waals surface area (Å²) in [7, 11) is 4.12. The Balaban J connectivity index is 1.92. The molecule has 1 heterocycles. The van der Waals surface area contributed by atoms with E-state index >= 15 is 0 Å². The van der Waals surface area contributed by atoms with Crippen LogP contribution in [0.25, 0.3) is 0 Å². The average molecular weight is 219 g/mol. The highest BCUT2D eigenvalue weighted by Gasteiger charge is 2.19. The summed E-state index contributed by atoms with van der Waals surface area (Å²) in [5.74, 6) is 0.937. The number of rotatable bonds is 4. The third-order valence-electron chi connectivity index (χ3n) is 3.46. The van der Waals surface area contributed by atoms with Gasteiger partial charge in [-0.2, -0.15) is 0 Å². The molecule has 0 spiro atoms. The van der Waals surface area contributed by atoms with E-state index < -0.39 is 0 Å². The molecule has 3 heteroatoms. The van der Waals surface area contributed by atoms with Crippen molar-refractivity contribution < 1.29 is 0 Å². The van der Waals surface area contributed by atoms with Crippen LogP contribution in [0, 0.1) is 0 Å². The normalized spacial score (nSPS) is 16.9. The maximum Gasteiger partial charge on any atom is 0.125 e. The summed E-state index contributed by atoms with van der Waals surface area (Å²) in [5.41, 5.74) is 1.30. The maximum atomic E-state index is 4.34. The number of hydrogen-bond acceptors (Lipinski definition) is 3. The predicted molar refractivity (Wildman–Crippen MR) is 67.5 cm³/mol. The zero-order valence-corrected chi connectivity index (χ0v) is 10.2. The quantitative estimate of drug-likeness (QED) is 0.843. The maximum absolute atomic E-state index is 4.34. The Hall–Kier alpha value is -1.09. The molecule has 0 aliphatic heterocycles. The third-order valence-corrected chi connectivity index (χ3v) is 3.46. The molecule has 0 amide bonds. The second kappa shape index (κ2) is 5.30. The fraction of sp³-hybridized carbons (Fsp3) is 0.615. The van der Waals surface area contributed by atoms with Crippen LogP contribution < -0.4 is 5.32 Å². The van der Waals surface area contributed by atoms with Crippen molar-refractivity contribution in [2.45, 2.75) is 38.3 Å². The van der Waals surface area contributed by atoms with E-state index in [1.165, 1.54) is 31.2 Å². The molecule has 1 saturated carbocycles. The Morgan fingerprint density at radius 1 is 1.38 bits per heavy atom. The van der Waals surface area contributed by atoms with Gasteiger partial charge in [0.05, 0.1) is 0 Å². The molecule has 1 aromatic rings. The first-order chi connectivity index (χ1) is 7.79. The first-order valence-electron chi connectivity index (χ1n) is 6.12. The molecule has 0 radical (unpaired) electrons. The van der Waals surface area contributed by atoms with Gasteiger partial charge in [-0.25, -0.2) is 4.98 Å². The predicted octanol–water partition coefficient (Wildman–Crippen LogP) is 2.50. The summed E-state index contributed by atoms with van der Waals surface area (Å²) in [6.45, 7) is 1.02. The molecule has 0 unspecified atom stereocenters. The number of aromatic nitrogens is 1. The van der Waals surface area contributed by atoms with Crippen molar-refractivity contribution in [1.29, 1.82) is 0 Å². The van der Waals surface area contributed by atoms with Crippen LogP contribution in [0.3, 0.4) is 0 Å². The van der Waals surface area contributed by atoms with E-state index in [0.29, 0.717) is 0 Å². The molecular formula is C13H21N3. The molecule has 88 valence electrons. The molecule has 0 aromatic carbocycles. The van der Waals surface area contributed by atoms with Gasteiger partial charge in [0.25, 0.3) is 0 Å². The van der Waals surface area contributed by atoms with Gasteiger partial charge in [-0.05, 0) is 31.5 Å². The zero-order chi connectivity index (χ0) is 11.4. The second-order valence-electron chi connectivity index (χ2n) is 4.66. The van der Waals surface area contributed by atoms with Gasteiger partial charge >= 0.3 is 0 Å². The molecule has 1 aromatic heterocycles. The summed E-state index contributed by atoms with van der Waals surface area (Å²) in [6.07, 6.45) is 7.48. The summed E-state index contributed by atoms with van der Waals surface area (Å²) in [5, 5.41) is 3.04. The van der Waals surface area contributed by atoms with E-state index in [4.69, 9.17) is 0 Å².